The number of carbonyl (C=O) groups excluding carboxylic acids is 5. The maximum absolute atomic E-state index is 14.2. The smallest absolute Gasteiger partial charge is 0.235 e. The number of phenolic OH excluding ortho intramolecular Hbond substituents is 1. The molecule has 0 heterocycles. The first-order valence-corrected chi connectivity index (χ1v) is 15.9. The van der Waals surface area contributed by atoms with E-state index in [0.29, 0.717) is 35.5 Å². The number of aromatic hydroxyl groups is 1. The van der Waals surface area contributed by atoms with Gasteiger partial charge in [0.2, 0.25) is 5.91 Å². The Morgan fingerprint density at radius 2 is 1.71 bits per heavy atom. The molecule has 0 bridgehead atoms. The number of ether oxygens (including phenoxy) is 1. The molecule has 3 aromatic rings. The lowest BCUT2D eigenvalue weighted by molar-refractivity contribution is -0.181. The summed E-state index contributed by atoms with van der Waals surface area (Å²) in [5.41, 5.74) is 7.68. The number of nitrogens with zero attached hydrogens (tertiary/aromatic N) is 1. The van der Waals surface area contributed by atoms with Crippen LogP contribution in [0, 0.1) is 30.6 Å². The Hall–Kier alpha value is -4.71. The number of primary amides is 1. The van der Waals surface area contributed by atoms with E-state index in [1.165, 1.54) is 16.5 Å². The van der Waals surface area contributed by atoms with Crippen LogP contribution in [-0.2, 0) is 38.7 Å². The molecule has 0 radical (unpaired) electrons. The monoisotopic (exact) mass is 653 g/mol. The van der Waals surface area contributed by atoms with Crippen LogP contribution in [0.1, 0.15) is 39.0 Å². The van der Waals surface area contributed by atoms with Crippen molar-refractivity contribution in [2.45, 2.75) is 44.5 Å². The largest absolute Gasteiger partial charge is 0.507 e. The number of nitrogens with two attached hydrogens (primary N) is 1. The van der Waals surface area contributed by atoms with Gasteiger partial charge in [-0.05, 0) is 80.2 Å². The zero-order valence-electron chi connectivity index (χ0n) is 27.3. The van der Waals surface area contributed by atoms with Crippen molar-refractivity contribution in [3.63, 3.8) is 0 Å². The van der Waals surface area contributed by atoms with Gasteiger partial charge in [0.05, 0.1) is 24.6 Å². The van der Waals surface area contributed by atoms with Crippen molar-refractivity contribution in [1.29, 1.82) is 0 Å². The molecule has 0 saturated heterocycles. The number of amides is 1. The van der Waals surface area contributed by atoms with E-state index in [2.05, 4.69) is 17.4 Å². The summed E-state index contributed by atoms with van der Waals surface area (Å²) in [5, 5.41) is 26.3. The van der Waals surface area contributed by atoms with Gasteiger partial charge in [0.15, 0.2) is 34.7 Å². The van der Waals surface area contributed by atoms with Gasteiger partial charge in [-0.15, -0.1) is 0 Å². The summed E-state index contributed by atoms with van der Waals surface area (Å²) in [4.78, 5) is 69.0. The molecular formula is C37H39N3O8. The number of phenols is 1. The van der Waals surface area contributed by atoms with Crippen molar-refractivity contribution in [1.82, 2.24) is 10.2 Å². The van der Waals surface area contributed by atoms with E-state index in [0.717, 1.165) is 11.1 Å². The second-order valence-corrected chi connectivity index (χ2v) is 13.4. The molecule has 1 amide bonds. The Kier molecular flexibility index (Phi) is 8.57. The molecule has 2 saturated carbocycles. The minimum Gasteiger partial charge on any atom is -0.507 e. The molecule has 6 rings (SSSR count). The predicted octanol–water partition coefficient (Wildman–Crippen LogP) is 2.14. The van der Waals surface area contributed by atoms with E-state index in [9.17, 15) is 34.2 Å². The Bertz CT molecular complexity index is 1870. The van der Waals surface area contributed by atoms with Crippen molar-refractivity contribution in [2.24, 2.45) is 29.4 Å². The molecule has 250 valence electrons. The molecule has 6 atom stereocenters. The number of aliphatic hydroxyl groups is 1. The van der Waals surface area contributed by atoms with Crippen LogP contribution in [0.2, 0.25) is 0 Å². The van der Waals surface area contributed by atoms with Gasteiger partial charge < -0.3 is 26.0 Å². The lowest BCUT2D eigenvalue weighted by atomic mass is 9.52. The van der Waals surface area contributed by atoms with Crippen LogP contribution in [0.25, 0.3) is 11.1 Å². The van der Waals surface area contributed by atoms with E-state index >= 15 is 0 Å². The highest BCUT2D eigenvalue weighted by Gasteiger charge is 2.69. The fraction of sp³-hybridized carbons (Fsp3) is 0.378. The average Bonchev–Trinajstić information content (AvgIpc) is 3.02. The molecule has 0 aromatic heterocycles. The molecule has 3 aliphatic carbocycles. The number of nitrogens with one attached hydrogen (secondary N) is 1. The highest BCUT2D eigenvalue weighted by atomic mass is 16.5. The van der Waals surface area contributed by atoms with E-state index in [-0.39, 0.29) is 24.2 Å². The predicted molar refractivity (Wildman–Crippen MR) is 175 cm³/mol. The fourth-order valence-corrected chi connectivity index (χ4v) is 8.11. The number of Topliss-reactive ketones (excluding diaryl/α,β-unsaturated/α-hetero) is 4. The number of hydrogen-bond acceptors (Lipinski definition) is 10. The van der Waals surface area contributed by atoms with Crippen molar-refractivity contribution in [3.05, 3.63) is 82.4 Å². The number of carbonyl (C=O) groups is 5. The van der Waals surface area contributed by atoms with Crippen LogP contribution in [0.15, 0.2) is 54.6 Å². The quantitative estimate of drug-likeness (QED) is 0.264. The number of ketones is 4. The molecule has 3 unspecified atom stereocenters. The van der Waals surface area contributed by atoms with Gasteiger partial charge in [-0.2, -0.15) is 0 Å². The van der Waals surface area contributed by atoms with Crippen LogP contribution in [0.5, 0.6) is 11.5 Å². The van der Waals surface area contributed by atoms with Gasteiger partial charge in [0.1, 0.15) is 11.5 Å². The third-order valence-electron chi connectivity index (χ3n) is 10.2. The van der Waals surface area contributed by atoms with Crippen LogP contribution in [0.4, 0.5) is 0 Å². The molecule has 48 heavy (non-hydrogen) atoms. The van der Waals surface area contributed by atoms with Gasteiger partial charge in [0.25, 0.3) is 0 Å². The summed E-state index contributed by atoms with van der Waals surface area (Å²) in [6.07, 6.45) is 0.119. The Morgan fingerprint density at radius 1 is 1.00 bits per heavy atom. The number of likely N-dealkylation sites (N-methyl/N-ethyl adjacent to an activating group) is 1. The number of aryl methyl sites for hydroxylation is 1. The summed E-state index contributed by atoms with van der Waals surface area (Å²) >= 11 is 0. The highest BCUT2D eigenvalue weighted by Crippen LogP contribution is 2.52. The molecule has 2 fully saturated rings. The van der Waals surface area contributed by atoms with Crippen LogP contribution < -0.4 is 15.8 Å². The van der Waals surface area contributed by atoms with Gasteiger partial charge in [-0.25, -0.2) is 0 Å². The first-order chi connectivity index (χ1) is 22.8. The lowest BCUT2D eigenvalue weighted by Crippen LogP contribution is -2.74. The summed E-state index contributed by atoms with van der Waals surface area (Å²) in [6, 6.07) is 15.9. The van der Waals surface area contributed by atoms with E-state index in [1.54, 1.807) is 27.3 Å². The molecule has 11 heteroatoms. The maximum atomic E-state index is 14.2. The van der Waals surface area contributed by atoms with Gasteiger partial charge in [-0.1, -0.05) is 42.0 Å². The highest BCUT2D eigenvalue weighted by molar-refractivity contribution is 6.32. The molecule has 5 N–H and O–H groups in total. The minimum atomic E-state index is -2.77. The molecule has 3 aromatic carbocycles. The van der Waals surface area contributed by atoms with Crippen molar-refractivity contribution >= 4 is 29.0 Å². The normalized spacial score (nSPS) is 26.6. The SMILES string of the molecule is COc1ccc(CNCc2cccc(C)c2)cc1-c1ccc(O)c2c1C[C@H]1C[C@H]3C(N(C)C)C(=O)C(C(N)=O)C(=O)[C@@]3(O)C(=O)C1C2=O. The molecule has 0 spiro atoms. The summed E-state index contributed by atoms with van der Waals surface area (Å²) in [7, 11) is 4.65. The van der Waals surface area contributed by atoms with Crippen molar-refractivity contribution in [3.8, 4) is 22.6 Å². The number of rotatable bonds is 8. The van der Waals surface area contributed by atoms with Crippen molar-refractivity contribution < 1.29 is 38.9 Å². The Morgan fingerprint density at radius 3 is 2.35 bits per heavy atom. The van der Waals surface area contributed by atoms with E-state index in [1.807, 2.05) is 37.3 Å². The first kappa shape index (κ1) is 33.2. The Labute approximate surface area is 278 Å². The zero-order valence-corrected chi connectivity index (χ0v) is 27.3. The second kappa shape index (κ2) is 12.4. The van der Waals surface area contributed by atoms with Crippen LogP contribution >= 0.6 is 0 Å². The summed E-state index contributed by atoms with van der Waals surface area (Å²) in [6.45, 7) is 3.25. The third-order valence-corrected chi connectivity index (χ3v) is 10.2. The maximum Gasteiger partial charge on any atom is 0.235 e. The van der Waals surface area contributed by atoms with Gasteiger partial charge in [0, 0.05) is 24.6 Å². The number of fused-ring (bicyclic) bond motifs is 3. The third kappa shape index (κ3) is 5.22. The van der Waals surface area contributed by atoms with Crippen LogP contribution in [0.3, 0.4) is 0 Å². The number of methoxy groups -OCH3 is 1. The molecule has 11 nitrogen and oxygen atoms in total. The van der Waals surface area contributed by atoms with Crippen molar-refractivity contribution in [2.75, 3.05) is 21.2 Å². The summed E-state index contributed by atoms with van der Waals surface area (Å²) < 4.78 is 5.72. The summed E-state index contributed by atoms with van der Waals surface area (Å²) in [5.74, 6) is -10.3. The molecule has 0 aliphatic heterocycles. The van der Waals surface area contributed by atoms with E-state index < -0.39 is 64.4 Å². The Balaban J connectivity index is 1.39. The minimum absolute atomic E-state index is 0.0287. The lowest BCUT2D eigenvalue weighted by Gasteiger charge is -2.52. The topological polar surface area (TPSA) is 176 Å². The number of hydrogen-bond donors (Lipinski definition) is 4. The second-order valence-electron chi connectivity index (χ2n) is 13.4. The molecular weight excluding hydrogens is 614 g/mol. The van der Waals surface area contributed by atoms with Gasteiger partial charge in [-0.3, -0.25) is 28.9 Å². The fourth-order valence-electron chi connectivity index (χ4n) is 8.11. The molecule has 3 aliphatic rings. The standard InChI is InChI=1S/C37H39N3O8/c1-18-6-5-7-19(12-18)16-39-17-20-8-11-27(48-4)23(13-20)22-9-10-26(41)29-24(22)14-21-15-25-31(40(2)3)33(43)30(36(38)46)35(45)37(25,47)34(44)28(21)32(29)42/h5-13,21,25,28,30-31,39,41,47H,14-17H2,1-4H3,(H2,38,46)/t21-,25-,28?,30?,31?,37-/m0/s1. The van der Waals surface area contributed by atoms with Crippen LogP contribution in [-0.4, -0.2) is 77.0 Å². The zero-order chi connectivity index (χ0) is 34.7. The first-order valence-electron chi connectivity index (χ1n) is 15.9. The number of benzene rings is 3. The van der Waals surface area contributed by atoms with E-state index in [4.69, 9.17) is 10.5 Å². The van der Waals surface area contributed by atoms with Gasteiger partial charge >= 0.3 is 0 Å². The average molecular weight is 654 g/mol.